The Labute approximate surface area is 169 Å². The van der Waals surface area contributed by atoms with Gasteiger partial charge in [0.25, 0.3) is 11.8 Å². The molecule has 0 aliphatic rings. The molecule has 0 saturated heterocycles. The van der Waals surface area contributed by atoms with Gasteiger partial charge in [0, 0.05) is 21.1 Å². The molecule has 2 amide bonds. The average molecular weight is 435 g/mol. The molecule has 0 unspecified atom stereocenters. The van der Waals surface area contributed by atoms with Crippen LogP contribution in [0.4, 0.5) is 11.4 Å². The Hall–Kier alpha value is -3.38. The van der Waals surface area contributed by atoms with Crippen LogP contribution in [0.3, 0.4) is 0 Å². The third-order valence-corrected chi connectivity index (χ3v) is 4.82. The molecule has 0 saturated carbocycles. The topological polar surface area (TPSA) is 71.3 Å². The molecular formula is C22H15BrN2O3. The second-order valence-electron chi connectivity index (χ2n) is 6.12. The van der Waals surface area contributed by atoms with Crippen LogP contribution < -0.4 is 10.6 Å². The van der Waals surface area contributed by atoms with Crippen LogP contribution in [0, 0.1) is 0 Å². The Morgan fingerprint density at radius 2 is 1.54 bits per heavy atom. The highest BCUT2D eigenvalue weighted by Crippen LogP contribution is 2.27. The van der Waals surface area contributed by atoms with E-state index in [2.05, 4.69) is 26.6 Å². The zero-order chi connectivity index (χ0) is 19.5. The minimum atomic E-state index is -0.343. The number of hydrogen-bond acceptors (Lipinski definition) is 3. The lowest BCUT2D eigenvalue weighted by Crippen LogP contribution is -2.13. The van der Waals surface area contributed by atoms with Crippen LogP contribution in [0.2, 0.25) is 0 Å². The van der Waals surface area contributed by atoms with E-state index in [1.165, 1.54) is 0 Å². The molecule has 0 aliphatic heterocycles. The van der Waals surface area contributed by atoms with Crippen molar-refractivity contribution in [1.82, 2.24) is 0 Å². The van der Waals surface area contributed by atoms with Crippen LogP contribution >= 0.6 is 15.9 Å². The van der Waals surface area contributed by atoms with E-state index in [-0.39, 0.29) is 17.6 Å². The monoisotopic (exact) mass is 434 g/mol. The van der Waals surface area contributed by atoms with Gasteiger partial charge in [-0.15, -0.1) is 0 Å². The van der Waals surface area contributed by atoms with E-state index in [9.17, 15) is 9.59 Å². The summed E-state index contributed by atoms with van der Waals surface area (Å²) in [5.74, 6) is -0.316. The second-order valence-corrected chi connectivity index (χ2v) is 6.97. The molecule has 0 aliphatic carbocycles. The van der Waals surface area contributed by atoms with Gasteiger partial charge in [-0.2, -0.15) is 0 Å². The molecule has 0 radical (unpaired) electrons. The number of benzene rings is 3. The van der Waals surface area contributed by atoms with Crippen molar-refractivity contribution >= 4 is 50.1 Å². The standard InChI is InChI=1S/C22H15BrN2O3/c23-17-13-16(10-11-18(17)25-21(26)14-6-2-1-3-7-14)24-22(27)20-12-15-8-4-5-9-19(15)28-20/h1-13H,(H,24,27)(H,25,26). The van der Waals surface area contributed by atoms with Crippen molar-refractivity contribution in [1.29, 1.82) is 0 Å². The minimum absolute atomic E-state index is 0.208. The smallest absolute Gasteiger partial charge is 0.291 e. The lowest BCUT2D eigenvalue weighted by molar-refractivity contribution is 0.0996. The predicted octanol–water partition coefficient (Wildman–Crippen LogP) is 5.70. The third kappa shape index (κ3) is 3.82. The maximum atomic E-state index is 12.5. The number of fused-ring (bicyclic) bond motifs is 1. The number of halogens is 1. The van der Waals surface area contributed by atoms with Gasteiger partial charge in [0.2, 0.25) is 0 Å². The Bertz CT molecular complexity index is 1140. The summed E-state index contributed by atoms with van der Waals surface area (Å²) in [4.78, 5) is 24.7. The second kappa shape index (κ2) is 7.70. The van der Waals surface area contributed by atoms with Gasteiger partial charge in [-0.1, -0.05) is 36.4 Å². The van der Waals surface area contributed by atoms with Crippen molar-refractivity contribution in [2.75, 3.05) is 10.6 Å². The molecule has 0 bridgehead atoms. The first-order valence-corrected chi connectivity index (χ1v) is 9.35. The highest BCUT2D eigenvalue weighted by atomic mass is 79.9. The minimum Gasteiger partial charge on any atom is -0.451 e. The van der Waals surface area contributed by atoms with Crippen molar-refractivity contribution in [3.63, 3.8) is 0 Å². The fourth-order valence-corrected chi connectivity index (χ4v) is 3.24. The van der Waals surface area contributed by atoms with Gasteiger partial charge in [0.15, 0.2) is 5.76 Å². The fourth-order valence-electron chi connectivity index (χ4n) is 2.76. The SMILES string of the molecule is O=C(Nc1ccc(NC(=O)c2cc3ccccc3o2)cc1Br)c1ccccc1. The highest BCUT2D eigenvalue weighted by molar-refractivity contribution is 9.10. The van der Waals surface area contributed by atoms with Crippen molar-refractivity contribution in [2.24, 2.45) is 0 Å². The number of furan rings is 1. The summed E-state index contributed by atoms with van der Waals surface area (Å²) in [6, 6.07) is 23.2. The van der Waals surface area contributed by atoms with E-state index in [1.807, 2.05) is 30.3 Å². The molecule has 4 aromatic rings. The Kier molecular flexibility index (Phi) is 4.95. The number of amides is 2. The van der Waals surface area contributed by atoms with Crippen LogP contribution in [0.5, 0.6) is 0 Å². The summed E-state index contributed by atoms with van der Waals surface area (Å²) < 4.78 is 6.23. The van der Waals surface area contributed by atoms with Crippen LogP contribution in [0.1, 0.15) is 20.9 Å². The quantitative estimate of drug-likeness (QED) is 0.432. The van der Waals surface area contributed by atoms with Crippen molar-refractivity contribution in [3.8, 4) is 0 Å². The molecule has 4 rings (SSSR count). The van der Waals surface area contributed by atoms with E-state index in [4.69, 9.17) is 4.42 Å². The number of hydrogen-bond donors (Lipinski definition) is 2. The van der Waals surface area contributed by atoms with Gasteiger partial charge in [-0.05, 0) is 58.4 Å². The molecule has 1 aromatic heterocycles. The largest absolute Gasteiger partial charge is 0.451 e. The van der Waals surface area contributed by atoms with Gasteiger partial charge in [0.1, 0.15) is 5.58 Å². The molecule has 0 atom stereocenters. The van der Waals surface area contributed by atoms with Crippen molar-refractivity contribution < 1.29 is 14.0 Å². The number of nitrogens with one attached hydrogen (secondary N) is 2. The molecule has 5 nitrogen and oxygen atoms in total. The summed E-state index contributed by atoms with van der Waals surface area (Å²) in [5, 5.41) is 6.50. The van der Waals surface area contributed by atoms with E-state index < -0.39 is 0 Å². The van der Waals surface area contributed by atoms with E-state index in [1.54, 1.807) is 48.5 Å². The Morgan fingerprint density at radius 3 is 2.29 bits per heavy atom. The Balaban J connectivity index is 1.48. The molecule has 28 heavy (non-hydrogen) atoms. The zero-order valence-electron chi connectivity index (χ0n) is 14.6. The molecule has 138 valence electrons. The molecule has 0 spiro atoms. The number of carbonyl (C=O) groups excluding carboxylic acids is 2. The lowest BCUT2D eigenvalue weighted by atomic mass is 10.2. The fraction of sp³-hybridized carbons (Fsp3) is 0. The normalized spacial score (nSPS) is 10.6. The van der Waals surface area contributed by atoms with Gasteiger partial charge in [-0.25, -0.2) is 0 Å². The van der Waals surface area contributed by atoms with Crippen LogP contribution in [0.25, 0.3) is 11.0 Å². The van der Waals surface area contributed by atoms with Crippen molar-refractivity contribution in [2.45, 2.75) is 0 Å². The van der Waals surface area contributed by atoms with E-state index in [0.29, 0.717) is 27.0 Å². The number of anilines is 2. The lowest BCUT2D eigenvalue weighted by Gasteiger charge is -2.10. The van der Waals surface area contributed by atoms with Crippen LogP contribution in [0.15, 0.2) is 87.8 Å². The number of rotatable bonds is 4. The van der Waals surface area contributed by atoms with Gasteiger partial charge < -0.3 is 15.1 Å². The first-order chi connectivity index (χ1) is 13.6. The third-order valence-electron chi connectivity index (χ3n) is 4.16. The van der Waals surface area contributed by atoms with E-state index in [0.717, 1.165) is 5.39 Å². The molecular weight excluding hydrogens is 420 g/mol. The molecule has 2 N–H and O–H groups in total. The maximum absolute atomic E-state index is 12.5. The molecule has 3 aromatic carbocycles. The first kappa shape index (κ1) is 18.0. The highest BCUT2D eigenvalue weighted by Gasteiger charge is 2.14. The molecule has 0 fully saturated rings. The van der Waals surface area contributed by atoms with Gasteiger partial charge in [-0.3, -0.25) is 9.59 Å². The van der Waals surface area contributed by atoms with Gasteiger partial charge >= 0.3 is 0 Å². The average Bonchev–Trinajstić information content (AvgIpc) is 3.15. The zero-order valence-corrected chi connectivity index (χ0v) is 16.2. The number of para-hydroxylation sites is 1. The summed E-state index contributed by atoms with van der Waals surface area (Å²) in [6.07, 6.45) is 0. The summed E-state index contributed by atoms with van der Waals surface area (Å²) in [6.45, 7) is 0. The van der Waals surface area contributed by atoms with Crippen molar-refractivity contribution in [3.05, 3.63) is 94.7 Å². The molecule has 6 heteroatoms. The predicted molar refractivity (Wildman–Crippen MR) is 113 cm³/mol. The number of carbonyl (C=O) groups is 2. The maximum Gasteiger partial charge on any atom is 0.291 e. The molecule has 1 heterocycles. The summed E-state index contributed by atoms with van der Waals surface area (Å²) >= 11 is 3.43. The first-order valence-electron chi connectivity index (χ1n) is 8.56. The summed E-state index contributed by atoms with van der Waals surface area (Å²) in [5.41, 5.74) is 2.41. The Morgan fingerprint density at radius 1 is 0.786 bits per heavy atom. The van der Waals surface area contributed by atoms with Gasteiger partial charge in [0.05, 0.1) is 5.69 Å². The van der Waals surface area contributed by atoms with E-state index >= 15 is 0 Å². The summed E-state index contributed by atoms with van der Waals surface area (Å²) in [7, 11) is 0. The van der Waals surface area contributed by atoms with Crippen LogP contribution in [-0.4, -0.2) is 11.8 Å². The van der Waals surface area contributed by atoms with Crippen LogP contribution in [-0.2, 0) is 0 Å².